The van der Waals surface area contributed by atoms with E-state index in [2.05, 4.69) is 16.0 Å². The first-order chi connectivity index (χ1) is 14.6. The van der Waals surface area contributed by atoms with Gasteiger partial charge in [-0.3, -0.25) is 19.2 Å². The molecular weight excluding hydrogens is 433 g/mol. The van der Waals surface area contributed by atoms with Gasteiger partial charge < -0.3 is 31.7 Å². The summed E-state index contributed by atoms with van der Waals surface area (Å²) in [4.78, 5) is 50.1. The topological polar surface area (TPSA) is 154 Å². The molecule has 1 saturated heterocycles. The molecule has 1 fully saturated rings. The molecule has 2 unspecified atom stereocenters. The Labute approximate surface area is 183 Å². The number of carbonyl (C=O) groups is 4. The lowest BCUT2D eigenvalue weighted by Crippen LogP contribution is -2.54. The number of halogens is 2. The Balaban J connectivity index is 1.95. The molecule has 6 N–H and O–H groups in total. The molecule has 4 amide bonds. The second kappa shape index (κ2) is 10.5. The van der Waals surface area contributed by atoms with Crippen molar-refractivity contribution in [1.82, 2.24) is 20.9 Å². The summed E-state index contributed by atoms with van der Waals surface area (Å²) in [6, 6.07) is 2.84. The minimum absolute atomic E-state index is 0.0382. The van der Waals surface area contributed by atoms with Crippen molar-refractivity contribution in [2.24, 2.45) is 5.73 Å². The highest BCUT2D eigenvalue weighted by molar-refractivity contribution is 6.30. The molecule has 0 radical (unpaired) electrons. The Morgan fingerprint density at radius 2 is 2.06 bits per heavy atom. The average molecular weight is 458 g/mol. The van der Waals surface area contributed by atoms with Gasteiger partial charge in [-0.05, 0) is 36.7 Å². The predicted octanol–water partition coefficient (Wildman–Crippen LogP) is -1.36. The van der Waals surface area contributed by atoms with Crippen LogP contribution in [-0.2, 0) is 25.7 Å². The van der Waals surface area contributed by atoms with Crippen LogP contribution in [0.5, 0.6) is 0 Å². The summed E-state index contributed by atoms with van der Waals surface area (Å²) in [7, 11) is 1.42. The number of hydrogen-bond donors (Lipinski definition) is 5. The highest BCUT2D eigenvalue weighted by atomic mass is 35.5. The van der Waals surface area contributed by atoms with Crippen LogP contribution in [0.1, 0.15) is 18.4 Å². The standard InChI is InChI=1S/C19H25ClFN5O5/c1-23-16(28)14(2-4-22)25-15(27)10-26-5-3-19(31,18(26)30)17(29)24-9-11-6-12(20)8-13(21)7-11/h6-8,14,31H,2-5,9-10,22H2,1H3,(H,23,28)(H,24,29)(H,25,27). The lowest BCUT2D eigenvalue weighted by atomic mass is 10.0. The maximum absolute atomic E-state index is 13.4. The zero-order chi connectivity index (χ0) is 23.2. The van der Waals surface area contributed by atoms with E-state index in [1.54, 1.807) is 0 Å². The number of carbonyl (C=O) groups excluding carboxylic acids is 4. The zero-order valence-corrected chi connectivity index (χ0v) is 17.7. The summed E-state index contributed by atoms with van der Waals surface area (Å²) in [6.07, 6.45) is -0.0215. The molecule has 170 valence electrons. The van der Waals surface area contributed by atoms with E-state index in [1.807, 2.05) is 0 Å². The minimum atomic E-state index is -2.35. The van der Waals surface area contributed by atoms with Gasteiger partial charge in [-0.25, -0.2) is 4.39 Å². The number of nitrogens with two attached hydrogens (primary N) is 1. The predicted molar refractivity (Wildman–Crippen MR) is 109 cm³/mol. The van der Waals surface area contributed by atoms with Gasteiger partial charge in [-0.1, -0.05) is 11.6 Å². The van der Waals surface area contributed by atoms with Gasteiger partial charge in [-0.15, -0.1) is 0 Å². The number of likely N-dealkylation sites (N-methyl/N-ethyl adjacent to an activating group) is 1. The number of rotatable bonds is 9. The molecule has 10 nitrogen and oxygen atoms in total. The lowest BCUT2D eigenvalue weighted by molar-refractivity contribution is -0.155. The second-order valence-corrected chi connectivity index (χ2v) is 7.55. The number of aliphatic hydroxyl groups is 1. The van der Waals surface area contributed by atoms with Crippen molar-refractivity contribution < 1.29 is 28.7 Å². The van der Waals surface area contributed by atoms with Crippen molar-refractivity contribution in [3.05, 3.63) is 34.6 Å². The molecule has 1 heterocycles. The molecule has 2 atom stereocenters. The highest BCUT2D eigenvalue weighted by Gasteiger charge is 2.51. The Morgan fingerprint density at radius 1 is 1.35 bits per heavy atom. The Morgan fingerprint density at radius 3 is 2.68 bits per heavy atom. The fraction of sp³-hybridized carbons (Fsp3) is 0.474. The van der Waals surface area contributed by atoms with E-state index >= 15 is 0 Å². The SMILES string of the molecule is CNC(=O)C(CCN)NC(=O)CN1CCC(O)(C(=O)NCc2cc(F)cc(Cl)c2)C1=O. The molecule has 0 aliphatic carbocycles. The van der Waals surface area contributed by atoms with Crippen LogP contribution in [0.25, 0.3) is 0 Å². The van der Waals surface area contributed by atoms with Crippen LogP contribution in [0.15, 0.2) is 18.2 Å². The summed E-state index contributed by atoms with van der Waals surface area (Å²) in [5.74, 6) is -3.55. The van der Waals surface area contributed by atoms with Gasteiger partial charge in [0, 0.05) is 31.6 Å². The van der Waals surface area contributed by atoms with Crippen molar-refractivity contribution in [2.75, 3.05) is 26.7 Å². The normalized spacial score (nSPS) is 19.1. The molecule has 1 aliphatic rings. The fourth-order valence-corrected chi connectivity index (χ4v) is 3.44. The van der Waals surface area contributed by atoms with Gasteiger partial charge in [0.05, 0.1) is 6.54 Å². The highest BCUT2D eigenvalue weighted by Crippen LogP contribution is 2.23. The number of nitrogens with zero attached hydrogens (tertiary/aromatic N) is 1. The Kier molecular flexibility index (Phi) is 8.31. The molecule has 2 rings (SSSR count). The van der Waals surface area contributed by atoms with Crippen LogP contribution in [0.2, 0.25) is 5.02 Å². The number of likely N-dealkylation sites (tertiary alicyclic amines) is 1. The third-order valence-corrected chi connectivity index (χ3v) is 5.04. The van der Waals surface area contributed by atoms with Crippen molar-refractivity contribution in [3.63, 3.8) is 0 Å². The summed E-state index contributed by atoms with van der Waals surface area (Å²) >= 11 is 5.76. The molecule has 1 aromatic carbocycles. The van der Waals surface area contributed by atoms with Crippen molar-refractivity contribution in [3.8, 4) is 0 Å². The molecule has 12 heteroatoms. The first-order valence-corrected chi connectivity index (χ1v) is 9.94. The summed E-state index contributed by atoms with van der Waals surface area (Å²) in [5.41, 5.74) is 3.44. The van der Waals surface area contributed by atoms with Gasteiger partial charge in [0.15, 0.2) is 0 Å². The molecule has 0 aromatic heterocycles. The van der Waals surface area contributed by atoms with E-state index in [9.17, 15) is 28.7 Å². The second-order valence-electron chi connectivity index (χ2n) is 7.11. The molecule has 0 bridgehead atoms. The zero-order valence-electron chi connectivity index (χ0n) is 16.9. The smallest absolute Gasteiger partial charge is 0.264 e. The monoisotopic (exact) mass is 457 g/mol. The summed E-state index contributed by atoms with van der Waals surface area (Å²) in [5, 5.41) is 18.0. The lowest BCUT2D eigenvalue weighted by Gasteiger charge is -2.22. The molecule has 0 spiro atoms. The number of nitrogens with one attached hydrogen (secondary N) is 3. The van der Waals surface area contributed by atoms with Crippen LogP contribution >= 0.6 is 11.6 Å². The maximum atomic E-state index is 13.4. The van der Waals surface area contributed by atoms with E-state index in [-0.39, 0.29) is 37.5 Å². The van der Waals surface area contributed by atoms with E-state index in [0.717, 1.165) is 17.0 Å². The van der Waals surface area contributed by atoms with Crippen molar-refractivity contribution >= 4 is 35.2 Å². The molecule has 1 aliphatic heterocycles. The van der Waals surface area contributed by atoms with Crippen molar-refractivity contribution in [2.45, 2.75) is 31.0 Å². The number of hydrogen-bond acceptors (Lipinski definition) is 6. The molecule has 1 aromatic rings. The van der Waals surface area contributed by atoms with Gasteiger partial charge in [-0.2, -0.15) is 0 Å². The van der Waals surface area contributed by atoms with Crippen molar-refractivity contribution in [1.29, 1.82) is 0 Å². The fourth-order valence-electron chi connectivity index (χ4n) is 3.19. The first-order valence-electron chi connectivity index (χ1n) is 9.56. The van der Waals surface area contributed by atoms with E-state index < -0.39 is 47.6 Å². The third kappa shape index (κ3) is 6.12. The largest absolute Gasteiger partial charge is 0.372 e. The summed E-state index contributed by atoms with van der Waals surface area (Å²) < 4.78 is 13.4. The number of benzene rings is 1. The van der Waals surface area contributed by atoms with E-state index in [1.165, 1.54) is 13.1 Å². The average Bonchev–Trinajstić information content (AvgIpc) is 3.00. The van der Waals surface area contributed by atoms with Crippen LogP contribution < -0.4 is 21.7 Å². The Hall–Kier alpha value is -2.76. The quantitative estimate of drug-likeness (QED) is 0.288. The van der Waals surface area contributed by atoms with Gasteiger partial charge >= 0.3 is 0 Å². The van der Waals surface area contributed by atoms with E-state index in [0.29, 0.717) is 5.56 Å². The van der Waals surface area contributed by atoms with Gasteiger partial charge in [0.1, 0.15) is 11.9 Å². The van der Waals surface area contributed by atoms with Gasteiger partial charge in [0.25, 0.3) is 11.8 Å². The van der Waals surface area contributed by atoms with Crippen LogP contribution in [0, 0.1) is 5.82 Å². The van der Waals surface area contributed by atoms with E-state index in [4.69, 9.17) is 17.3 Å². The first kappa shape index (κ1) is 24.5. The minimum Gasteiger partial charge on any atom is -0.372 e. The summed E-state index contributed by atoms with van der Waals surface area (Å²) in [6.45, 7) is -0.466. The maximum Gasteiger partial charge on any atom is 0.264 e. The van der Waals surface area contributed by atoms with Gasteiger partial charge in [0.2, 0.25) is 17.4 Å². The Bertz CT molecular complexity index is 850. The molecule has 31 heavy (non-hydrogen) atoms. The molecular formula is C19H25ClFN5O5. The van der Waals surface area contributed by atoms with Crippen LogP contribution in [0.3, 0.4) is 0 Å². The van der Waals surface area contributed by atoms with Crippen LogP contribution in [-0.4, -0.2) is 72.0 Å². The van der Waals surface area contributed by atoms with Crippen LogP contribution in [0.4, 0.5) is 4.39 Å². The number of amides is 4. The molecule has 0 saturated carbocycles. The third-order valence-electron chi connectivity index (χ3n) is 4.82.